The molecule has 1 aliphatic rings. The summed E-state index contributed by atoms with van der Waals surface area (Å²) in [5.74, 6) is -0.595. The Labute approximate surface area is 57.4 Å². The van der Waals surface area contributed by atoms with E-state index >= 15 is 0 Å². The van der Waals surface area contributed by atoms with Crippen molar-refractivity contribution in [2.45, 2.75) is 18.6 Å². The van der Waals surface area contributed by atoms with Gasteiger partial charge in [0.15, 0.2) is 0 Å². The zero-order valence-corrected chi connectivity index (χ0v) is 5.29. The van der Waals surface area contributed by atoms with E-state index in [9.17, 15) is 4.39 Å². The topological polar surface area (TPSA) is 60.7 Å². The van der Waals surface area contributed by atoms with Crippen LogP contribution in [0.4, 0.5) is 4.39 Å². The second kappa shape index (κ2) is 2.65. The van der Waals surface area contributed by atoms with E-state index in [-0.39, 0.29) is 12.0 Å². The molecule has 0 aromatic carbocycles. The Kier molecular flexibility index (Phi) is 2.03. The molecule has 0 saturated carbocycles. The van der Waals surface area contributed by atoms with E-state index < -0.39 is 24.6 Å². The molecule has 0 aromatic heterocycles. The molecule has 1 aliphatic carbocycles. The molecule has 0 saturated heterocycles. The second-order valence-electron chi connectivity index (χ2n) is 2.30. The molecular formula is C6H9FO3. The van der Waals surface area contributed by atoms with Crippen molar-refractivity contribution in [1.29, 1.82) is 0 Å². The van der Waals surface area contributed by atoms with Crippen molar-refractivity contribution < 1.29 is 19.7 Å². The number of aliphatic hydroxyl groups excluding tert-OH is 3. The van der Waals surface area contributed by atoms with Crippen molar-refractivity contribution >= 4 is 0 Å². The molecule has 2 unspecified atom stereocenters. The first kappa shape index (κ1) is 7.65. The van der Waals surface area contributed by atoms with Crippen molar-refractivity contribution in [1.82, 2.24) is 0 Å². The summed E-state index contributed by atoms with van der Waals surface area (Å²) in [4.78, 5) is 0. The monoisotopic (exact) mass is 148 g/mol. The lowest BCUT2D eigenvalue weighted by Crippen LogP contribution is -2.23. The molecular weight excluding hydrogens is 139 g/mol. The fourth-order valence-corrected chi connectivity index (χ4v) is 0.998. The van der Waals surface area contributed by atoms with Gasteiger partial charge in [0, 0.05) is 12.0 Å². The lowest BCUT2D eigenvalue weighted by Gasteiger charge is -2.08. The molecule has 58 valence electrons. The van der Waals surface area contributed by atoms with Crippen LogP contribution < -0.4 is 0 Å². The zero-order valence-electron chi connectivity index (χ0n) is 5.29. The van der Waals surface area contributed by atoms with Gasteiger partial charge in [0.25, 0.3) is 0 Å². The number of hydrogen-bond donors (Lipinski definition) is 3. The molecule has 0 heterocycles. The van der Waals surface area contributed by atoms with Gasteiger partial charge in [-0.2, -0.15) is 0 Å². The van der Waals surface area contributed by atoms with Crippen LogP contribution in [0.15, 0.2) is 11.4 Å². The minimum Gasteiger partial charge on any atom is -0.392 e. The van der Waals surface area contributed by atoms with E-state index in [1.807, 2.05) is 0 Å². The van der Waals surface area contributed by atoms with E-state index in [2.05, 4.69) is 0 Å². The van der Waals surface area contributed by atoms with Gasteiger partial charge in [0.2, 0.25) is 0 Å². The van der Waals surface area contributed by atoms with Gasteiger partial charge in [-0.3, -0.25) is 0 Å². The predicted octanol–water partition coefficient (Wildman–Crippen LogP) is -0.672. The summed E-state index contributed by atoms with van der Waals surface area (Å²) in [6.07, 6.45) is -2.48. The quantitative estimate of drug-likeness (QED) is 0.462. The van der Waals surface area contributed by atoms with Crippen LogP contribution in [0.5, 0.6) is 0 Å². The number of hydrogen-bond acceptors (Lipinski definition) is 3. The standard InChI is InChI=1S/C6H9FO3/c7-4-1-5(9)6(10)3(4)2-8/h5-6,8-10H,1-2H2. The molecule has 2 atom stereocenters. The molecule has 3 N–H and O–H groups in total. The van der Waals surface area contributed by atoms with Crippen LogP contribution in [-0.4, -0.2) is 34.1 Å². The first-order valence-electron chi connectivity index (χ1n) is 3.01. The fraction of sp³-hybridized carbons (Fsp3) is 0.667. The Bertz CT molecular complexity index is 166. The molecule has 10 heavy (non-hydrogen) atoms. The van der Waals surface area contributed by atoms with Crippen LogP contribution in [0.25, 0.3) is 0 Å². The van der Waals surface area contributed by atoms with E-state index in [1.165, 1.54) is 0 Å². The smallest absolute Gasteiger partial charge is 0.107 e. The van der Waals surface area contributed by atoms with Crippen LogP contribution in [0.1, 0.15) is 6.42 Å². The molecule has 0 fully saturated rings. The highest BCUT2D eigenvalue weighted by Crippen LogP contribution is 2.27. The van der Waals surface area contributed by atoms with Crippen LogP contribution in [0.3, 0.4) is 0 Å². The zero-order chi connectivity index (χ0) is 7.72. The highest BCUT2D eigenvalue weighted by Gasteiger charge is 2.31. The van der Waals surface area contributed by atoms with E-state index in [0.717, 1.165) is 0 Å². The highest BCUT2D eigenvalue weighted by molar-refractivity contribution is 5.22. The average molecular weight is 148 g/mol. The largest absolute Gasteiger partial charge is 0.392 e. The minimum atomic E-state index is -1.22. The molecule has 3 nitrogen and oxygen atoms in total. The summed E-state index contributed by atoms with van der Waals surface area (Å²) in [7, 11) is 0. The third kappa shape index (κ3) is 1.05. The third-order valence-corrected chi connectivity index (χ3v) is 1.63. The lowest BCUT2D eigenvalue weighted by atomic mass is 10.2. The predicted molar refractivity (Wildman–Crippen MR) is 31.9 cm³/mol. The van der Waals surface area contributed by atoms with Gasteiger partial charge >= 0.3 is 0 Å². The molecule has 0 aromatic rings. The Morgan fingerprint density at radius 2 is 2.10 bits per heavy atom. The highest BCUT2D eigenvalue weighted by atomic mass is 19.1. The number of aliphatic hydroxyl groups is 3. The van der Waals surface area contributed by atoms with Crippen molar-refractivity contribution in [2.24, 2.45) is 0 Å². The van der Waals surface area contributed by atoms with Crippen LogP contribution >= 0.6 is 0 Å². The number of rotatable bonds is 1. The van der Waals surface area contributed by atoms with Crippen LogP contribution in [-0.2, 0) is 0 Å². The van der Waals surface area contributed by atoms with Gasteiger partial charge in [-0.15, -0.1) is 0 Å². The number of halogens is 1. The van der Waals surface area contributed by atoms with E-state index in [4.69, 9.17) is 15.3 Å². The molecule has 0 amide bonds. The molecule has 0 aliphatic heterocycles. The van der Waals surface area contributed by atoms with E-state index in [1.54, 1.807) is 0 Å². The van der Waals surface area contributed by atoms with Gasteiger partial charge in [0.1, 0.15) is 11.9 Å². The average Bonchev–Trinajstić information content (AvgIpc) is 2.09. The second-order valence-corrected chi connectivity index (χ2v) is 2.30. The summed E-state index contributed by atoms with van der Waals surface area (Å²) in [6, 6.07) is 0. The summed E-state index contributed by atoms with van der Waals surface area (Å²) >= 11 is 0. The van der Waals surface area contributed by atoms with Crippen molar-refractivity contribution in [3.8, 4) is 0 Å². The Morgan fingerprint density at radius 1 is 1.50 bits per heavy atom. The first-order valence-corrected chi connectivity index (χ1v) is 3.01. The lowest BCUT2D eigenvalue weighted by molar-refractivity contribution is 0.0492. The van der Waals surface area contributed by atoms with Gasteiger partial charge in [0.05, 0.1) is 12.7 Å². The van der Waals surface area contributed by atoms with Crippen molar-refractivity contribution in [2.75, 3.05) is 6.61 Å². The maximum Gasteiger partial charge on any atom is 0.107 e. The summed E-state index contributed by atoms with van der Waals surface area (Å²) < 4.78 is 12.5. The van der Waals surface area contributed by atoms with Crippen LogP contribution in [0.2, 0.25) is 0 Å². The maximum atomic E-state index is 12.5. The van der Waals surface area contributed by atoms with E-state index in [0.29, 0.717) is 0 Å². The molecule has 0 radical (unpaired) electrons. The Balaban J connectivity index is 2.75. The Hall–Kier alpha value is -0.450. The fourth-order valence-electron chi connectivity index (χ4n) is 0.998. The SMILES string of the molecule is OCC1=C(F)CC(O)C1O. The van der Waals surface area contributed by atoms with Gasteiger partial charge in [-0.05, 0) is 0 Å². The van der Waals surface area contributed by atoms with Gasteiger partial charge in [-0.25, -0.2) is 4.39 Å². The first-order chi connectivity index (χ1) is 4.66. The molecule has 0 bridgehead atoms. The third-order valence-electron chi connectivity index (χ3n) is 1.63. The molecule has 0 spiro atoms. The van der Waals surface area contributed by atoms with Crippen LogP contribution in [0, 0.1) is 0 Å². The Morgan fingerprint density at radius 3 is 2.30 bits per heavy atom. The molecule has 1 rings (SSSR count). The summed E-state index contributed by atoms with van der Waals surface area (Å²) in [5, 5.41) is 26.2. The minimum absolute atomic E-state index is 0.0903. The van der Waals surface area contributed by atoms with Gasteiger partial charge in [-0.1, -0.05) is 0 Å². The summed E-state index contributed by atoms with van der Waals surface area (Å²) in [5.41, 5.74) is -0.0903. The summed E-state index contributed by atoms with van der Waals surface area (Å²) in [6.45, 7) is -0.524. The molecule has 4 heteroatoms. The normalized spacial score (nSPS) is 33.6. The van der Waals surface area contributed by atoms with Crippen molar-refractivity contribution in [3.05, 3.63) is 11.4 Å². The van der Waals surface area contributed by atoms with Crippen molar-refractivity contribution in [3.63, 3.8) is 0 Å². The maximum absolute atomic E-state index is 12.5. The van der Waals surface area contributed by atoms with Gasteiger partial charge < -0.3 is 15.3 Å².